The maximum atomic E-state index is 12.0. The zero-order chi connectivity index (χ0) is 30.2. The Hall–Kier alpha value is -4.75. The normalized spacial score (nSPS) is 11.0. The van der Waals surface area contributed by atoms with Gasteiger partial charge in [-0.3, -0.25) is 10.1 Å². The number of likely N-dealkylation sites (N-methyl/N-ethyl adjacent to an activating group) is 2. The number of ether oxygens (including phenoxy) is 2. The van der Waals surface area contributed by atoms with Crippen LogP contribution in [0.2, 0.25) is 0 Å². The molecule has 0 fully saturated rings. The van der Waals surface area contributed by atoms with Crippen LogP contribution in [-0.4, -0.2) is 89.9 Å². The zero-order valence-corrected chi connectivity index (χ0v) is 24.4. The van der Waals surface area contributed by atoms with Crippen molar-refractivity contribution in [3.63, 3.8) is 0 Å². The van der Waals surface area contributed by atoms with Crippen LogP contribution in [0.4, 0.5) is 23.0 Å². The lowest BCUT2D eigenvalue weighted by Gasteiger charge is -2.22. The summed E-state index contributed by atoms with van der Waals surface area (Å²) in [6.07, 6.45) is 2.72. The lowest BCUT2D eigenvalue weighted by Crippen LogP contribution is -2.28. The minimum atomic E-state index is -0.414. The van der Waals surface area contributed by atoms with Crippen LogP contribution in [0, 0.1) is 10.1 Å². The molecule has 0 atom stereocenters. The SMILES string of the molecule is COc1ccc(-c2nc(CCCO)[nH]c2-c2ccnc(Nc3cc([N+](=O)[O-])c(N(C)CCN(C)C)cc3OC)n2)cc1. The number of methoxy groups -OCH3 is 2. The number of anilines is 3. The maximum Gasteiger partial charge on any atom is 0.294 e. The summed E-state index contributed by atoms with van der Waals surface area (Å²) in [5.41, 5.74) is 3.51. The van der Waals surface area contributed by atoms with Crippen LogP contribution in [0.15, 0.2) is 48.7 Å². The van der Waals surface area contributed by atoms with Crippen molar-refractivity contribution >= 4 is 23.0 Å². The summed E-state index contributed by atoms with van der Waals surface area (Å²) in [5.74, 6) is 2.07. The molecule has 4 aromatic rings. The third-order valence-electron chi connectivity index (χ3n) is 6.63. The molecule has 0 spiro atoms. The molecule has 2 aromatic carbocycles. The number of nitrogens with one attached hydrogen (secondary N) is 2. The van der Waals surface area contributed by atoms with Crippen molar-refractivity contribution in [1.29, 1.82) is 0 Å². The minimum absolute atomic E-state index is 0.0493. The largest absolute Gasteiger partial charge is 0.497 e. The van der Waals surface area contributed by atoms with E-state index in [-0.39, 0.29) is 18.2 Å². The van der Waals surface area contributed by atoms with Gasteiger partial charge in [-0.15, -0.1) is 0 Å². The Morgan fingerprint density at radius 1 is 1.05 bits per heavy atom. The van der Waals surface area contributed by atoms with Crippen molar-refractivity contribution in [3.8, 4) is 34.1 Å². The lowest BCUT2D eigenvalue weighted by molar-refractivity contribution is -0.384. The van der Waals surface area contributed by atoms with E-state index in [2.05, 4.69) is 15.3 Å². The van der Waals surface area contributed by atoms with Crippen molar-refractivity contribution in [1.82, 2.24) is 24.8 Å². The number of aromatic amines is 1. The van der Waals surface area contributed by atoms with Crippen LogP contribution in [0.3, 0.4) is 0 Å². The molecule has 2 aromatic heterocycles. The molecule has 222 valence electrons. The Morgan fingerprint density at radius 3 is 2.45 bits per heavy atom. The van der Waals surface area contributed by atoms with E-state index in [9.17, 15) is 15.2 Å². The first-order chi connectivity index (χ1) is 20.2. The summed E-state index contributed by atoms with van der Waals surface area (Å²) in [6.45, 7) is 1.37. The van der Waals surface area contributed by atoms with Gasteiger partial charge in [-0.1, -0.05) is 0 Å². The molecule has 0 aliphatic carbocycles. The van der Waals surface area contributed by atoms with Gasteiger partial charge in [-0.25, -0.2) is 15.0 Å². The van der Waals surface area contributed by atoms with Gasteiger partial charge in [0, 0.05) is 57.1 Å². The van der Waals surface area contributed by atoms with Crippen molar-refractivity contribution in [2.75, 3.05) is 65.3 Å². The van der Waals surface area contributed by atoms with E-state index >= 15 is 0 Å². The quantitative estimate of drug-likeness (QED) is 0.147. The Labute approximate surface area is 244 Å². The van der Waals surface area contributed by atoms with Gasteiger partial charge in [0.2, 0.25) is 5.95 Å². The number of hydrogen-bond donors (Lipinski definition) is 3. The average Bonchev–Trinajstić information content (AvgIpc) is 3.43. The molecular weight excluding hydrogens is 540 g/mol. The number of imidazole rings is 1. The van der Waals surface area contributed by atoms with E-state index in [0.29, 0.717) is 59.4 Å². The van der Waals surface area contributed by atoms with Crippen LogP contribution in [0.1, 0.15) is 12.2 Å². The molecular formula is C29H36N8O5. The second kappa shape index (κ2) is 13.7. The molecule has 13 nitrogen and oxygen atoms in total. The number of benzene rings is 2. The number of H-pyrrole nitrogens is 1. The van der Waals surface area contributed by atoms with Crippen LogP contribution < -0.4 is 19.7 Å². The molecule has 0 unspecified atom stereocenters. The number of aryl methyl sites for hydroxylation is 1. The van der Waals surface area contributed by atoms with Crippen LogP contribution in [0.25, 0.3) is 22.6 Å². The molecule has 0 saturated heterocycles. The van der Waals surface area contributed by atoms with Crippen LogP contribution in [0.5, 0.6) is 11.5 Å². The van der Waals surface area contributed by atoms with E-state index in [1.807, 2.05) is 55.2 Å². The predicted octanol–water partition coefficient (Wildman–Crippen LogP) is 4.13. The molecule has 0 radical (unpaired) electrons. The number of nitro benzene ring substituents is 1. The Balaban J connectivity index is 1.70. The van der Waals surface area contributed by atoms with E-state index < -0.39 is 4.92 Å². The highest BCUT2D eigenvalue weighted by Gasteiger charge is 2.23. The number of nitro groups is 1. The molecule has 0 aliphatic rings. The maximum absolute atomic E-state index is 12.0. The van der Waals surface area contributed by atoms with E-state index in [4.69, 9.17) is 19.4 Å². The lowest BCUT2D eigenvalue weighted by atomic mass is 10.1. The number of nitrogens with zero attached hydrogens (tertiary/aromatic N) is 6. The molecule has 4 rings (SSSR count). The van der Waals surface area contributed by atoms with Crippen molar-refractivity contribution in [2.24, 2.45) is 0 Å². The first-order valence-electron chi connectivity index (χ1n) is 13.4. The molecule has 13 heteroatoms. The fourth-order valence-corrected chi connectivity index (χ4v) is 4.36. The van der Waals surface area contributed by atoms with Gasteiger partial charge >= 0.3 is 0 Å². The molecule has 0 saturated carbocycles. The minimum Gasteiger partial charge on any atom is -0.497 e. The highest BCUT2D eigenvalue weighted by atomic mass is 16.6. The second-order valence-electron chi connectivity index (χ2n) is 9.88. The van der Waals surface area contributed by atoms with E-state index in [1.54, 1.807) is 25.4 Å². The topological polar surface area (TPSA) is 155 Å². The fourth-order valence-electron chi connectivity index (χ4n) is 4.36. The smallest absolute Gasteiger partial charge is 0.294 e. The summed E-state index contributed by atoms with van der Waals surface area (Å²) in [7, 11) is 8.82. The van der Waals surface area contributed by atoms with Crippen molar-refractivity contribution in [3.05, 3.63) is 64.6 Å². The zero-order valence-electron chi connectivity index (χ0n) is 24.4. The Kier molecular flexibility index (Phi) is 9.89. The number of aliphatic hydroxyl groups excluding tert-OH is 1. The molecule has 0 bridgehead atoms. The summed E-state index contributed by atoms with van der Waals surface area (Å²) in [5, 5.41) is 24.5. The van der Waals surface area contributed by atoms with Gasteiger partial charge in [0.25, 0.3) is 5.69 Å². The standard InChI is InChI=1S/C29H36N8O5/c1-35(2)14-15-36(3)23-18-25(42-5)22(17-24(23)37(39)40)32-29-30-13-12-21(31-29)28-27(33-26(34-28)7-6-16-38)19-8-10-20(41-4)11-9-19/h8-13,17-18,38H,6-7,14-16H2,1-5H3,(H,33,34)(H,30,31,32). The molecule has 2 heterocycles. The Morgan fingerprint density at radius 2 is 1.81 bits per heavy atom. The molecule has 0 amide bonds. The second-order valence-corrected chi connectivity index (χ2v) is 9.88. The number of hydrogen-bond acceptors (Lipinski definition) is 11. The van der Waals surface area contributed by atoms with E-state index in [1.165, 1.54) is 13.2 Å². The molecule has 3 N–H and O–H groups in total. The highest BCUT2D eigenvalue weighted by molar-refractivity contribution is 5.79. The Bertz CT molecular complexity index is 1510. The summed E-state index contributed by atoms with van der Waals surface area (Å²) < 4.78 is 10.9. The van der Waals surface area contributed by atoms with Crippen LogP contribution >= 0.6 is 0 Å². The van der Waals surface area contributed by atoms with E-state index in [0.717, 1.165) is 17.9 Å². The monoisotopic (exact) mass is 576 g/mol. The molecule has 0 aliphatic heterocycles. The first kappa shape index (κ1) is 30.2. The molecule has 42 heavy (non-hydrogen) atoms. The number of aromatic nitrogens is 4. The van der Waals surface area contributed by atoms with Gasteiger partial charge in [-0.05, 0) is 50.8 Å². The predicted molar refractivity (Wildman–Crippen MR) is 162 cm³/mol. The summed E-state index contributed by atoms with van der Waals surface area (Å²) in [6, 6.07) is 12.4. The van der Waals surface area contributed by atoms with Gasteiger partial charge in [0.1, 0.15) is 23.0 Å². The fraction of sp³-hybridized carbons (Fsp3) is 0.345. The van der Waals surface area contributed by atoms with Gasteiger partial charge in [0.15, 0.2) is 0 Å². The third kappa shape index (κ3) is 7.11. The first-order valence-corrected chi connectivity index (χ1v) is 13.4. The summed E-state index contributed by atoms with van der Waals surface area (Å²) >= 11 is 0. The summed E-state index contributed by atoms with van der Waals surface area (Å²) in [4.78, 5) is 32.6. The van der Waals surface area contributed by atoms with Gasteiger partial charge in [0.05, 0.1) is 41.9 Å². The highest BCUT2D eigenvalue weighted by Crippen LogP contribution is 2.39. The number of rotatable bonds is 14. The third-order valence-corrected chi connectivity index (χ3v) is 6.63. The van der Waals surface area contributed by atoms with Gasteiger partial charge in [-0.2, -0.15) is 0 Å². The van der Waals surface area contributed by atoms with Crippen LogP contribution in [-0.2, 0) is 6.42 Å². The average molecular weight is 577 g/mol. The van der Waals surface area contributed by atoms with Gasteiger partial charge < -0.3 is 34.7 Å². The van der Waals surface area contributed by atoms with Crippen molar-refractivity contribution < 1.29 is 19.5 Å². The van der Waals surface area contributed by atoms with Crippen molar-refractivity contribution in [2.45, 2.75) is 12.8 Å². The number of aliphatic hydroxyl groups is 1.